The Balaban J connectivity index is 1.63. The van der Waals surface area contributed by atoms with Crippen molar-refractivity contribution < 1.29 is 40.6 Å². The molecule has 39 heavy (non-hydrogen) atoms. The van der Waals surface area contributed by atoms with Gasteiger partial charge in [-0.3, -0.25) is 0 Å². The summed E-state index contributed by atoms with van der Waals surface area (Å²) in [4.78, 5) is 0. The Labute approximate surface area is 229 Å². The third kappa shape index (κ3) is 6.20. The van der Waals surface area contributed by atoms with Crippen LogP contribution in [0.1, 0.15) is 11.1 Å². The molecule has 0 aliphatic carbocycles. The fourth-order valence-electron chi connectivity index (χ4n) is 3.87. The monoisotopic (exact) mass is 586 g/mol. The molecule has 0 bridgehead atoms. The molecule has 4 aromatic rings. The van der Waals surface area contributed by atoms with E-state index in [-0.39, 0.29) is 10.0 Å². The van der Waals surface area contributed by atoms with Crippen LogP contribution in [0.25, 0.3) is 22.3 Å². The summed E-state index contributed by atoms with van der Waals surface area (Å²) in [6.07, 6.45) is -9.06. The quantitative estimate of drug-likeness (QED) is 0.210. The smallest absolute Gasteiger partial charge is 0.416 e. The highest BCUT2D eigenvalue weighted by Crippen LogP contribution is 2.43. The van der Waals surface area contributed by atoms with E-state index in [0.29, 0.717) is 45.3 Å². The standard InChI is InChI=1S/C28H18Cl2F6O3/c1-37-25-13-17(5-9-21(25)19-7-3-15(11-23(19)29)27(31,32)33)39-18-6-10-22(26(14-18)38-2)20-8-4-16(12-24(20)30)28(34,35)36/h3-14H,1-2H3. The predicted molar refractivity (Wildman–Crippen MR) is 137 cm³/mol. The molecule has 0 aliphatic rings. The maximum atomic E-state index is 13.0. The van der Waals surface area contributed by atoms with Crippen molar-refractivity contribution >= 4 is 23.2 Å². The van der Waals surface area contributed by atoms with E-state index < -0.39 is 23.5 Å². The third-order valence-corrected chi connectivity index (χ3v) is 6.38. The minimum atomic E-state index is -4.53. The average Bonchev–Trinajstić information content (AvgIpc) is 2.87. The van der Waals surface area contributed by atoms with Crippen LogP contribution in [0.5, 0.6) is 23.0 Å². The number of halogens is 8. The van der Waals surface area contributed by atoms with Crippen LogP contribution in [0.2, 0.25) is 10.0 Å². The normalized spacial score (nSPS) is 11.8. The van der Waals surface area contributed by atoms with Crippen LogP contribution < -0.4 is 14.2 Å². The summed E-state index contributed by atoms with van der Waals surface area (Å²) in [5, 5.41) is -0.196. The van der Waals surface area contributed by atoms with E-state index in [0.717, 1.165) is 24.3 Å². The lowest BCUT2D eigenvalue weighted by molar-refractivity contribution is -0.138. The van der Waals surface area contributed by atoms with E-state index >= 15 is 0 Å². The van der Waals surface area contributed by atoms with Gasteiger partial charge in [0.2, 0.25) is 0 Å². The first-order chi connectivity index (χ1) is 18.3. The van der Waals surface area contributed by atoms with Gasteiger partial charge in [-0.1, -0.05) is 35.3 Å². The summed E-state index contributed by atoms with van der Waals surface area (Å²) in [5.74, 6) is 1.27. The van der Waals surface area contributed by atoms with Crippen LogP contribution in [-0.4, -0.2) is 14.2 Å². The fraction of sp³-hybridized carbons (Fsp3) is 0.143. The number of benzene rings is 4. The van der Waals surface area contributed by atoms with Gasteiger partial charge in [-0.15, -0.1) is 0 Å². The molecular formula is C28H18Cl2F6O3. The Kier molecular flexibility index (Phi) is 7.95. The second kappa shape index (κ2) is 10.9. The van der Waals surface area contributed by atoms with Crippen molar-refractivity contribution in [3.8, 4) is 45.3 Å². The molecule has 4 rings (SSSR count). The predicted octanol–water partition coefficient (Wildman–Crippen LogP) is 10.2. The zero-order valence-electron chi connectivity index (χ0n) is 20.2. The van der Waals surface area contributed by atoms with Crippen molar-refractivity contribution in [1.82, 2.24) is 0 Å². The van der Waals surface area contributed by atoms with Gasteiger partial charge >= 0.3 is 12.4 Å². The molecule has 0 heterocycles. The zero-order chi connectivity index (χ0) is 28.5. The summed E-state index contributed by atoms with van der Waals surface area (Å²) in [6.45, 7) is 0. The van der Waals surface area contributed by atoms with E-state index in [4.69, 9.17) is 37.4 Å². The van der Waals surface area contributed by atoms with Crippen molar-refractivity contribution in [2.45, 2.75) is 12.4 Å². The molecule has 0 N–H and O–H groups in total. The van der Waals surface area contributed by atoms with Gasteiger partial charge in [0.15, 0.2) is 0 Å². The molecule has 4 aromatic carbocycles. The highest BCUT2D eigenvalue weighted by molar-refractivity contribution is 6.34. The molecule has 0 fully saturated rings. The molecule has 3 nitrogen and oxygen atoms in total. The second-order valence-electron chi connectivity index (χ2n) is 8.21. The van der Waals surface area contributed by atoms with Gasteiger partial charge in [0.25, 0.3) is 0 Å². The maximum absolute atomic E-state index is 13.0. The number of rotatable bonds is 6. The van der Waals surface area contributed by atoms with Gasteiger partial charge in [-0.05, 0) is 48.5 Å². The Morgan fingerprint density at radius 2 is 0.872 bits per heavy atom. The van der Waals surface area contributed by atoms with Gasteiger partial charge in [-0.2, -0.15) is 26.3 Å². The topological polar surface area (TPSA) is 27.7 Å². The van der Waals surface area contributed by atoms with Crippen LogP contribution >= 0.6 is 23.2 Å². The van der Waals surface area contributed by atoms with Gasteiger partial charge in [-0.25, -0.2) is 0 Å². The molecular weight excluding hydrogens is 569 g/mol. The van der Waals surface area contributed by atoms with Crippen molar-refractivity contribution in [2.24, 2.45) is 0 Å². The summed E-state index contributed by atoms with van der Waals surface area (Å²) >= 11 is 12.3. The molecule has 0 spiro atoms. The molecule has 0 aromatic heterocycles. The molecule has 0 saturated heterocycles. The first-order valence-electron chi connectivity index (χ1n) is 11.1. The number of hydrogen-bond acceptors (Lipinski definition) is 3. The average molecular weight is 587 g/mol. The summed E-state index contributed by atoms with van der Waals surface area (Å²) < 4.78 is 94.8. The van der Waals surface area contributed by atoms with Gasteiger partial charge in [0.05, 0.1) is 25.3 Å². The Morgan fingerprint density at radius 1 is 0.513 bits per heavy atom. The van der Waals surface area contributed by atoms with Crippen molar-refractivity contribution in [3.63, 3.8) is 0 Å². The van der Waals surface area contributed by atoms with E-state index in [1.807, 2.05) is 0 Å². The molecule has 0 unspecified atom stereocenters. The van der Waals surface area contributed by atoms with Crippen LogP contribution in [0.3, 0.4) is 0 Å². The maximum Gasteiger partial charge on any atom is 0.416 e. The van der Waals surface area contributed by atoms with Crippen molar-refractivity contribution in [1.29, 1.82) is 0 Å². The highest BCUT2D eigenvalue weighted by atomic mass is 35.5. The van der Waals surface area contributed by atoms with Gasteiger partial charge < -0.3 is 14.2 Å². The van der Waals surface area contributed by atoms with Crippen LogP contribution in [-0.2, 0) is 12.4 Å². The zero-order valence-corrected chi connectivity index (χ0v) is 21.7. The summed E-state index contributed by atoms with van der Waals surface area (Å²) in [5.41, 5.74) is -0.155. The molecule has 204 valence electrons. The Hall–Kier alpha value is -3.56. The molecule has 0 radical (unpaired) electrons. The van der Waals surface area contributed by atoms with Gasteiger partial charge in [0, 0.05) is 44.4 Å². The number of alkyl halides is 6. The molecule has 0 saturated carbocycles. The first kappa shape index (κ1) is 28.4. The molecule has 11 heteroatoms. The second-order valence-corrected chi connectivity index (χ2v) is 9.03. The third-order valence-electron chi connectivity index (χ3n) is 5.75. The number of methoxy groups -OCH3 is 2. The number of ether oxygens (including phenoxy) is 3. The van der Waals surface area contributed by atoms with Crippen LogP contribution in [0, 0.1) is 0 Å². The first-order valence-corrected chi connectivity index (χ1v) is 11.9. The van der Waals surface area contributed by atoms with Crippen molar-refractivity contribution in [2.75, 3.05) is 14.2 Å². The van der Waals surface area contributed by atoms with E-state index in [1.165, 1.54) is 38.5 Å². The van der Waals surface area contributed by atoms with Crippen LogP contribution in [0.4, 0.5) is 26.3 Å². The molecule has 0 amide bonds. The lowest BCUT2D eigenvalue weighted by atomic mass is 10.0. The highest BCUT2D eigenvalue weighted by Gasteiger charge is 2.32. The van der Waals surface area contributed by atoms with E-state index in [1.54, 1.807) is 24.3 Å². The largest absolute Gasteiger partial charge is 0.496 e. The lowest BCUT2D eigenvalue weighted by Gasteiger charge is -2.16. The van der Waals surface area contributed by atoms with Gasteiger partial charge in [0.1, 0.15) is 23.0 Å². The minimum Gasteiger partial charge on any atom is -0.496 e. The number of hydrogen-bond donors (Lipinski definition) is 0. The minimum absolute atomic E-state index is 0.0981. The SMILES string of the molecule is COc1cc(Oc2ccc(-c3ccc(C(F)(F)F)cc3Cl)c(OC)c2)ccc1-c1ccc(C(F)(F)F)cc1Cl. The van der Waals surface area contributed by atoms with E-state index in [9.17, 15) is 26.3 Å². The Bertz CT molecular complexity index is 1400. The Morgan fingerprint density at radius 3 is 1.18 bits per heavy atom. The molecule has 0 aliphatic heterocycles. The van der Waals surface area contributed by atoms with Crippen LogP contribution in [0.15, 0.2) is 72.8 Å². The van der Waals surface area contributed by atoms with Crippen molar-refractivity contribution in [3.05, 3.63) is 94.0 Å². The molecule has 0 atom stereocenters. The summed E-state index contributed by atoms with van der Waals surface area (Å²) in [7, 11) is 2.79. The fourth-order valence-corrected chi connectivity index (χ4v) is 4.44. The van der Waals surface area contributed by atoms with E-state index in [2.05, 4.69) is 0 Å². The lowest BCUT2D eigenvalue weighted by Crippen LogP contribution is -2.04. The summed E-state index contributed by atoms with van der Waals surface area (Å²) in [6, 6.07) is 15.5.